The number of nitrogens with zero attached hydrogens (tertiary/aromatic N) is 2. The summed E-state index contributed by atoms with van der Waals surface area (Å²) >= 11 is 6.69. The van der Waals surface area contributed by atoms with Crippen molar-refractivity contribution in [3.8, 4) is 11.8 Å². The molecule has 0 atom stereocenters. The number of hydrogen-bond donors (Lipinski definition) is 2. The highest BCUT2D eigenvalue weighted by molar-refractivity contribution is 9.11. The number of anilines is 1. The number of carbonyl (C=O) groups is 1. The van der Waals surface area contributed by atoms with Crippen LogP contribution in [0.15, 0.2) is 27.1 Å². The molecule has 21 heavy (non-hydrogen) atoms. The first-order valence-electron chi connectivity index (χ1n) is 6.01. The van der Waals surface area contributed by atoms with E-state index in [1.807, 2.05) is 19.1 Å². The summed E-state index contributed by atoms with van der Waals surface area (Å²) in [6.07, 6.45) is 0. The molecule has 0 radical (unpaired) electrons. The predicted octanol–water partition coefficient (Wildman–Crippen LogP) is 2.75. The van der Waals surface area contributed by atoms with Crippen LogP contribution >= 0.6 is 31.9 Å². The second kappa shape index (κ2) is 7.41. The van der Waals surface area contributed by atoms with E-state index in [1.54, 1.807) is 6.07 Å². The number of amides is 1. The summed E-state index contributed by atoms with van der Waals surface area (Å²) in [7, 11) is 0. The maximum atomic E-state index is 11.7. The fraction of sp³-hybridized carbons (Fsp3) is 0.250. The van der Waals surface area contributed by atoms with E-state index < -0.39 is 0 Å². The minimum absolute atomic E-state index is 0.148. The minimum atomic E-state index is -0.357. The number of aromatic nitrogens is 3. The zero-order valence-corrected chi connectivity index (χ0v) is 14.2. The van der Waals surface area contributed by atoms with Gasteiger partial charge in [-0.05, 0) is 41.1 Å². The summed E-state index contributed by atoms with van der Waals surface area (Å²) in [6.45, 7) is 2.12. The largest absolute Gasteiger partial charge is 0.483 e. The minimum Gasteiger partial charge on any atom is -0.483 e. The Bertz CT molecular complexity index is 633. The Morgan fingerprint density at radius 2 is 2.19 bits per heavy atom. The zero-order valence-electron chi connectivity index (χ0n) is 11.0. The number of nitrogens with one attached hydrogen (secondary N) is 2. The van der Waals surface area contributed by atoms with E-state index in [-0.39, 0.29) is 24.5 Å². The number of hydrogen-bond acceptors (Lipinski definition) is 5. The van der Waals surface area contributed by atoms with Crippen LogP contribution in [0.3, 0.4) is 0 Å². The lowest BCUT2D eigenvalue weighted by molar-refractivity contribution is -0.118. The van der Waals surface area contributed by atoms with Gasteiger partial charge in [-0.1, -0.05) is 15.9 Å². The van der Waals surface area contributed by atoms with Crippen molar-refractivity contribution in [1.82, 2.24) is 15.2 Å². The Balaban J connectivity index is 1.86. The quantitative estimate of drug-likeness (QED) is 0.751. The first-order valence-corrected chi connectivity index (χ1v) is 7.60. The lowest BCUT2D eigenvalue weighted by Crippen LogP contribution is -2.21. The third-order valence-corrected chi connectivity index (χ3v) is 3.36. The third-order valence-electron chi connectivity index (χ3n) is 2.25. The van der Waals surface area contributed by atoms with E-state index in [4.69, 9.17) is 9.47 Å². The molecule has 1 heterocycles. The van der Waals surface area contributed by atoms with Crippen LogP contribution in [-0.4, -0.2) is 34.3 Å². The van der Waals surface area contributed by atoms with Crippen LogP contribution in [0.4, 0.5) is 5.95 Å². The Morgan fingerprint density at radius 3 is 2.90 bits per heavy atom. The third kappa shape index (κ3) is 4.71. The second-order valence-corrected chi connectivity index (χ2v) is 5.58. The summed E-state index contributed by atoms with van der Waals surface area (Å²) in [4.78, 5) is 15.7. The van der Waals surface area contributed by atoms with Crippen molar-refractivity contribution in [3.05, 3.63) is 27.1 Å². The van der Waals surface area contributed by atoms with Crippen molar-refractivity contribution in [2.45, 2.75) is 6.92 Å². The molecule has 0 saturated carbocycles. The first-order chi connectivity index (χ1) is 10.1. The van der Waals surface area contributed by atoms with Crippen LogP contribution in [0.5, 0.6) is 11.8 Å². The van der Waals surface area contributed by atoms with Gasteiger partial charge in [0, 0.05) is 4.47 Å². The average molecular weight is 420 g/mol. The van der Waals surface area contributed by atoms with E-state index in [9.17, 15) is 4.79 Å². The SMILES string of the molecule is CCOc1n[nH]c(NC(=O)COc2ccc(Br)cc2Br)n1. The van der Waals surface area contributed by atoms with Gasteiger partial charge in [0.15, 0.2) is 6.61 Å². The van der Waals surface area contributed by atoms with Crippen molar-refractivity contribution in [1.29, 1.82) is 0 Å². The number of carbonyl (C=O) groups excluding carboxylic acids is 1. The number of benzene rings is 1. The van der Waals surface area contributed by atoms with Crippen molar-refractivity contribution in [2.75, 3.05) is 18.5 Å². The number of ether oxygens (including phenoxy) is 2. The molecule has 0 bridgehead atoms. The molecule has 2 N–H and O–H groups in total. The van der Waals surface area contributed by atoms with Crippen LogP contribution < -0.4 is 14.8 Å². The smallest absolute Gasteiger partial charge is 0.337 e. The van der Waals surface area contributed by atoms with Gasteiger partial charge in [0.1, 0.15) is 5.75 Å². The molecule has 1 amide bonds. The monoisotopic (exact) mass is 418 g/mol. The molecule has 0 aliphatic rings. The van der Waals surface area contributed by atoms with Gasteiger partial charge in [-0.2, -0.15) is 4.98 Å². The topological polar surface area (TPSA) is 89.1 Å². The maximum Gasteiger partial charge on any atom is 0.337 e. The van der Waals surface area contributed by atoms with Gasteiger partial charge in [-0.25, -0.2) is 5.10 Å². The van der Waals surface area contributed by atoms with Crippen LogP contribution in [0, 0.1) is 0 Å². The standard InChI is InChI=1S/C12H12Br2N4O3/c1-2-20-12-16-11(17-18-12)15-10(19)6-21-9-4-3-7(13)5-8(9)14/h3-5H,2,6H2,1H3,(H2,15,16,17,18,19). The molecular weight excluding hydrogens is 408 g/mol. The summed E-state index contributed by atoms with van der Waals surface area (Å²) in [5.41, 5.74) is 0. The number of rotatable bonds is 6. The number of halogens is 2. The molecule has 1 aromatic heterocycles. The molecule has 0 fully saturated rings. The van der Waals surface area contributed by atoms with Crippen LogP contribution in [-0.2, 0) is 4.79 Å². The van der Waals surface area contributed by atoms with Crippen molar-refractivity contribution in [3.63, 3.8) is 0 Å². The Labute approximate surface area is 137 Å². The lowest BCUT2D eigenvalue weighted by Gasteiger charge is -2.07. The Morgan fingerprint density at radius 1 is 1.38 bits per heavy atom. The molecule has 0 spiro atoms. The van der Waals surface area contributed by atoms with Crippen LogP contribution in [0.25, 0.3) is 0 Å². The fourth-order valence-electron chi connectivity index (χ4n) is 1.40. The van der Waals surface area contributed by atoms with Gasteiger partial charge in [0.05, 0.1) is 11.1 Å². The van der Waals surface area contributed by atoms with Gasteiger partial charge in [0.2, 0.25) is 5.95 Å². The summed E-state index contributed by atoms with van der Waals surface area (Å²) in [5, 5.41) is 8.85. The fourth-order valence-corrected chi connectivity index (χ4v) is 2.56. The summed E-state index contributed by atoms with van der Waals surface area (Å²) < 4.78 is 12.2. The number of H-pyrrole nitrogens is 1. The highest BCUT2D eigenvalue weighted by Crippen LogP contribution is 2.28. The molecule has 2 rings (SSSR count). The molecule has 7 nitrogen and oxygen atoms in total. The van der Waals surface area contributed by atoms with Crippen molar-refractivity contribution in [2.24, 2.45) is 0 Å². The molecule has 112 valence electrons. The van der Waals surface area contributed by atoms with Crippen molar-refractivity contribution < 1.29 is 14.3 Å². The second-order valence-electron chi connectivity index (χ2n) is 3.81. The molecule has 0 unspecified atom stereocenters. The van der Waals surface area contributed by atoms with E-state index >= 15 is 0 Å². The van der Waals surface area contributed by atoms with Gasteiger partial charge >= 0.3 is 6.01 Å². The van der Waals surface area contributed by atoms with Gasteiger partial charge in [0.25, 0.3) is 5.91 Å². The normalized spacial score (nSPS) is 10.2. The number of aromatic amines is 1. The predicted molar refractivity (Wildman–Crippen MR) is 83.5 cm³/mol. The van der Waals surface area contributed by atoms with Gasteiger partial charge < -0.3 is 9.47 Å². The molecule has 2 aromatic rings. The molecule has 0 aliphatic carbocycles. The summed E-state index contributed by atoms with van der Waals surface area (Å²) in [6, 6.07) is 5.59. The first kappa shape index (κ1) is 15.8. The van der Waals surface area contributed by atoms with Gasteiger partial charge in [-0.3, -0.25) is 10.1 Å². The van der Waals surface area contributed by atoms with Crippen LogP contribution in [0.1, 0.15) is 6.92 Å². The molecule has 9 heteroatoms. The average Bonchev–Trinajstić information content (AvgIpc) is 2.85. The highest BCUT2D eigenvalue weighted by atomic mass is 79.9. The Kier molecular flexibility index (Phi) is 5.57. The van der Waals surface area contributed by atoms with Gasteiger partial charge in [-0.15, -0.1) is 5.10 Å². The molecular formula is C12H12Br2N4O3. The van der Waals surface area contributed by atoms with E-state index in [1.165, 1.54) is 0 Å². The molecule has 1 aromatic carbocycles. The zero-order chi connectivity index (χ0) is 15.2. The van der Waals surface area contributed by atoms with Crippen LogP contribution in [0.2, 0.25) is 0 Å². The Hall–Kier alpha value is -1.61. The summed E-state index contributed by atoms with van der Waals surface area (Å²) in [5.74, 6) is 0.423. The lowest BCUT2D eigenvalue weighted by atomic mass is 10.3. The maximum absolute atomic E-state index is 11.7. The van der Waals surface area contributed by atoms with Crippen molar-refractivity contribution >= 4 is 43.7 Å². The van der Waals surface area contributed by atoms with E-state index in [0.29, 0.717) is 12.4 Å². The van der Waals surface area contributed by atoms with E-state index in [2.05, 4.69) is 52.4 Å². The molecule has 0 aliphatic heterocycles. The molecule has 0 saturated heterocycles. The highest BCUT2D eigenvalue weighted by Gasteiger charge is 2.09. The van der Waals surface area contributed by atoms with E-state index in [0.717, 1.165) is 8.95 Å².